The second-order valence-electron chi connectivity index (χ2n) is 0. The van der Waals surface area contributed by atoms with Gasteiger partial charge in [0.1, 0.15) is 0 Å². The molecule has 0 aromatic heterocycles. The molecule has 0 aromatic rings. The molecule has 0 rings (SSSR count). The molecule has 2 N–H and O–H groups in total. The molecule has 1 nitrogen and oxygen atoms in total. The van der Waals surface area contributed by atoms with E-state index in [1.807, 2.05) is 0 Å². The van der Waals surface area contributed by atoms with Crippen LogP contribution in [0, 0.1) is 41.7 Å². The Morgan fingerprint density at radius 2 is 1.20 bits per heavy atom. The molecule has 0 saturated carbocycles. The van der Waals surface area contributed by atoms with Gasteiger partial charge >= 0.3 is 29.6 Å². The maximum absolute atomic E-state index is 0. The summed E-state index contributed by atoms with van der Waals surface area (Å²) in [5.41, 5.74) is 0. The molecule has 0 fully saturated rings. The maximum Gasteiger partial charge on any atom is 1.00 e. The third-order valence-electron chi connectivity index (χ3n) is 0. The Labute approximate surface area is 97.1 Å². The molecule has 25 valence electrons. The molecule has 0 unspecified atom stereocenters. The van der Waals surface area contributed by atoms with E-state index >= 15 is 0 Å². The van der Waals surface area contributed by atoms with Gasteiger partial charge in [0.15, 0.2) is 0 Å². The SMILES string of the molecule is Cl.O.[B].[Ce].[H-].[Na+]. The molecule has 0 amide bonds. The zero-order valence-corrected chi connectivity index (χ0v) is 8.94. The van der Waals surface area contributed by atoms with Gasteiger partial charge in [0.2, 0.25) is 0 Å². The fraction of sp³-hybridized carbons (Fsp3) is 0. The van der Waals surface area contributed by atoms with Crippen LogP contribution in [0.15, 0.2) is 0 Å². The minimum Gasteiger partial charge on any atom is -1.00 e. The molecule has 0 heterocycles. The summed E-state index contributed by atoms with van der Waals surface area (Å²) in [4.78, 5) is 0. The molecule has 0 atom stereocenters. The number of rotatable bonds is 0. The number of hydrogen-bond donors (Lipinski definition) is 0. The maximum atomic E-state index is 0. The van der Waals surface area contributed by atoms with Crippen LogP contribution >= 0.6 is 12.4 Å². The van der Waals surface area contributed by atoms with Crippen molar-refractivity contribution in [2.45, 2.75) is 0 Å². The monoisotopic (exact) mass is 229 g/mol. The Morgan fingerprint density at radius 3 is 1.20 bits per heavy atom. The summed E-state index contributed by atoms with van der Waals surface area (Å²) in [6.45, 7) is 0. The zero-order chi connectivity index (χ0) is 0. The molecular weight excluding hydrogens is 225 g/mol. The van der Waals surface area contributed by atoms with E-state index in [1.165, 1.54) is 0 Å². The molecule has 5 heteroatoms. The first kappa shape index (κ1) is 47.5. The van der Waals surface area contributed by atoms with E-state index in [2.05, 4.69) is 0 Å². The molecule has 0 saturated heterocycles. The van der Waals surface area contributed by atoms with Gasteiger partial charge in [-0.1, -0.05) is 0 Å². The minimum absolute atomic E-state index is 0. The summed E-state index contributed by atoms with van der Waals surface area (Å²) in [6, 6.07) is 0. The minimum atomic E-state index is 0. The van der Waals surface area contributed by atoms with Gasteiger partial charge in [0.25, 0.3) is 0 Å². The smallest absolute Gasteiger partial charge is 1.00 e. The Morgan fingerprint density at radius 1 is 1.20 bits per heavy atom. The van der Waals surface area contributed by atoms with Crippen LogP contribution < -0.4 is 29.6 Å². The van der Waals surface area contributed by atoms with Crippen molar-refractivity contribution < 1.29 is 78.2 Å². The summed E-state index contributed by atoms with van der Waals surface area (Å²) in [6.07, 6.45) is 0. The van der Waals surface area contributed by atoms with Crippen molar-refractivity contribution in [1.29, 1.82) is 0 Å². The van der Waals surface area contributed by atoms with Crippen LogP contribution in [0.2, 0.25) is 0 Å². The summed E-state index contributed by atoms with van der Waals surface area (Å²) in [7, 11) is 0. The predicted molar refractivity (Wildman–Crippen MR) is 17.7 cm³/mol. The molecule has 0 bridgehead atoms. The Hall–Kier alpha value is 2.69. The molecule has 3 radical (unpaired) electrons. The van der Waals surface area contributed by atoms with E-state index in [-0.39, 0.29) is 99.0 Å². The van der Waals surface area contributed by atoms with Crippen LogP contribution in [0.4, 0.5) is 0 Å². The first-order valence-corrected chi connectivity index (χ1v) is 0. The number of halogens is 1. The van der Waals surface area contributed by atoms with Crippen LogP contribution in [-0.2, 0) is 0 Å². The molecule has 0 aliphatic carbocycles. The molecule has 0 spiro atoms. The van der Waals surface area contributed by atoms with Gasteiger partial charge in [-0.05, 0) is 0 Å². The number of hydrogen-bond acceptors (Lipinski definition) is 0. The van der Waals surface area contributed by atoms with E-state index in [9.17, 15) is 0 Å². The van der Waals surface area contributed by atoms with Gasteiger partial charge in [-0.3, -0.25) is 0 Å². The van der Waals surface area contributed by atoms with E-state index in [1.54, 1.807) is 0 Å². The Balaban J connectivity index is 0. The standard InChI is InChI=1S/B.Ce.ClH.Na.H2O.H/h;;1H;;1H2;/q;;;+1;;-1. The van der Waals surface area contributed by atoms with Crippen LogP contribution in [0.25, 0.3) is 0 Å². The third kappa shape index (κ3) is 20.3. The van der Waals surface area contributed by atoms with Crippen molar-refractivity contribution in [3.05, 3.63) is 0 Å². The van der Waals surface area contributed by atoms with Gasteiger partial charge in [-0.25, -0.2) is 0 Å². The van der Waals surface area contributed by atoms with Crippen LogP contribution in [-0.4, -0.2) is 13.9 Å². The quantitative estimate of drug-likeness (QED) is 0.384. The van der Waals surface area contributed by atoms with Crippen molar-refractivity contribution >= 4 is 20.8 Å². The van der Waals surface area contributed by atoms with Gasteiger partial charge in [0.05, 0.1) is 0 Å². The van der Waals surface area contributed by atoms with Crippen molar-refractivity contribution in [1.82, 2.24) is 0 Å². The summed E-state index contributed by atoms with van der Waals surface area (Å²) >= 11 is 0. The van der Waals surface area contributed by atoms with Gasteiger partial charge in [-0.15, -0.1) is 12.4 Å². The molecule has 0 aliphatic rings. The van der Waals surface area contributed by atoms with Crippen molar-refractivity contribution in [2.75, 3.05) is 0 Å². The largest absolute Gasteiger partial charge is 1.00 e. The van der Waals surface area contributed by atoms with Crippen LogP contribution in [0.3, 0.4) is 0 Å². The van der Waals surface area contributed by atoms with Crippen molar-refractivity contribution in [2.24, 2.45) is 0 Å². The van der Waals surface area contributed by atoms with Crippen LogP contribution in [0.5, 0.6) is 0 Å². The Kier molecular flexibility index (Phi) is 284. The fourth-order valence-corrected chi connectivity index (χ4v) is 0. The summed E-state index contributed by atoms with van der Waals surface area (Å²) < 4.78 is 0. The van der Waals surface area contributed by atoms with Gasteiger partial charge in [0, 0.05) is 50.2 Å². The van der Waals surface area contributed by atoms with E-state index in [0.29, 0.717) is 0 Å². The molecule has 5 heavy (non-hydrogen) atoms. The van der Waals surface area contributed by atoms with E-state index < -0.39 is 0 Å². The van der Waals surface area contributed by atoms with Crippen molar-refractivity contribution in [3.63, 3.8) is 0 Å². The third-order valence-corrected chi connectivity index (χ3v) is 0. The van der Waals surface area contributed by atoms with Gasteiger partial charge < -0.3 is 6.90 Å². The second-order valence-corrected chi connectivity index (χ2v) is 0. The first-order chi connectivity index (χ1) is 0. The predicted octanol–water partition coefficient (Wildman–Crippen LogP) is -3.67. The average molecular weight is 229 g/mol. The Bertz CT molecular complexity index is 15.5. The van der Waals surface area contributed by atoms with Crippen LogP contribution in [0.1, 0.15) is 1.43 Å². The van der Waals surface area contributed by atoms with Gasteiger partial charge in [-0.2, -0.15) is 0 Å². The molecular formula is H4BCeClNaO. The fourth-order valence-electron chi connectivity index (χ4n) is 0. The first-order valence-electron chi connectivity index (χ1n) is 0. The van der Waals surface area contributed by atoms with E-state index in [4.69, 9.17) is 0 Å². The summed E-state index contributed by atoms with van der Waals surface area (Å²) in [5, 5.41) is 0. The van der Waals surface area contributed by atoms with Crippen molar-refractivity contribution in [3.8, 4) is 0 Å². The van der Waals surface area contributed by atoms with E-state index in [0.717, 1.165) is 0 Å². The zero-order valence-electron chi connectivity index (χ0n) is 3.99. The average Bonchev–Trinajstić information content (AvgIpc) is 0. The normalized spacial score (nSPS) is 0. The topological polar surface area (TPSA) is 31.5 Å². The molecule has 0 aliphatic heterocycles. The second kappa shape index (κ2) is 29.9. The summed E-state index contributed by atoms with van der Waals surface area (Å²) in [5.74, 6) is 0. The molecule has 0 aromatic carbocycles.